The Labute approximate surface area is 88.5 Å². The van der Waals surface area contributed by atoms with Crippen LogP contribution in [0, 0.1) is 0 Å². The van der Waals surface area contributed by atoms with Crippen molar-refractivity contribution in [3.05, 3.63) is 0 Å². The van der Waals surface area contributed by atoms with Gasteiger partial charge in [0.05, 0.1) is 0 Å². The molecule has 0 aromatic carbocycles. The molecule has 14 heavy (non-hydrogen) atoms. The predicted octanol–water partition coefficient (Wildman–Crippen LogP) is 0.620. The van der Waals surface area contributed by atoms with E-state index in [1.54, 1.807) is 0 Å². The molecule has 0 aromatic rings. The van der Waals surface area contributed by atoms with Crippen molar-refractivity contribution in [1.82, 2.24) is 15.1 Å². The van der Waals surface area contributed by atoms with E-state index in [4.69, 9.17) is 0 Å². The zero-order valence-electron chi connectivity index (χ0n) is 10.3. The first kappa shape index (κ1) is 12.0. The van der Waals surface area contributed by atoms with Crippen molar-refractivity contribution in [2.75, 3.05) is 40.3 Å². The van der Waals surface area contributed by atoms with Gasteiger partial charge in [0.25, 0.3) is 0 Å². The molecular formula is C11H25N3. The summed E-state index contributed by atoms with van der Waals surface area (Å²) in [6, 6.07) is 0.642. The molecule has 1 aliphatic rings. The van der Waals surface area contributed by atoms with Gasteiger partial charge < -0.3 is 10.2 Å². The van der Waals surface area contributed by atoms with Gasteiger partial charge in [-0.3, -0.25) is 4.90 Å². The second kappa shape index (κ2) is 4.60. The SMILES string of the molecule is CCN1CC(CNC)N(C)C(C)(C)C1. The van der Waals surface area contributed by atoms with Crippen LogP contribution in [0.3, 0.4) is 0 Å². The highest BCUT2D eigenvalue weighted by atomic mass is 15.3. The molecule has 0 aromatic heterocycles. The maximum atomic E-state index is 3.28. The highest BCUT2D eigenvalue weighted by Gasteiger charge is 2.36. The summed E-state index contributed by atoms with van der Waals surface area (Å²) in [5.74, 6) is 0. The van der Waals surface area contributed by atoms with Crippen LogP contribution in [0.4, 0.5) is 0 Å². The standard InChI is InChI=1S/C11H25N3/c1-6-14-8-10(7-12-4)13(5)11(2,3)9-14/h10,12H,6-9H2,1-5H3. The zero-order chi connectivity index (χ0) is 10.8. The molecule has 1 unspecified atom stereocenters. The monoisotopic (exact) mass is 199 g/mol. The first-order chi connectivity index (χ1) is 6.51. The van der Waals surface area contributed by atoms with Crippen molar-refractivity contribution in [2.45, 2.75) is 32.4 Å². The molecule has 0 spiro atoms. The summed E-state index contributed by atoms with van der Waals surface area (Å²) in [6.45, 7) is 11.5. The molecule has 0 bridgehead atoms. The highest BCUT2D eigenvalue weighted by molar-refractivity contribution is 4.94. The first-order valence-corrected chi connectivity index (χ1v) is 5.61. The smallest absolute Gasteiger partial charge is 0.0350 e. The largest absolute Gasteiger partial charge is 0.318 e. The molecule has 1 rings (SSSR count). The molecule has 1 saturated heterocycles. The van der Waals surface area contributed by atoms with Crippen LogP contribution in [0.2, 0.25) is 0 Å². The average Bonchev–Trinajstić information content (AvgIpc) is 2.12. The first-order valence-electron chi connectivity index (χ1n) is 5.61. The van der Waals surface area contributed by atoms with Crippen molar-refractivity contribution in [3.8, 4) is 0 Å². The Morgan fingerprint density at radius 2 is 2.07 bits per heavy atom. The normalized spacial score (nSPS) is 29.4. The minimum atomic E-state index is 0.301. The summed E-state index contributed by atoms with van der Waals surface area (Å²) in [4.78, 5) is 5.05. The van der Waals surface area contributed by atoms with E-state index >= 15 is 0 Å². The van der Waals surface area contributed by atoms with Gasteiger partial charge in [-0.15, -0.1) is 0 Å². The molecule has 3 nitrogen and oxygen atoms in total. The summed E-state index contributed by atoms with van der Waals surface area (Å²) in [5, 5.41) is 3.28. The van der Waals surface area contributed by atoms with Crippen molar-refractivity contribution in [1.29, 1.82) is 0 Å². The Bertz CT molecular complexity index is 179. The van der Waals surface area contributed by atoms with Gasteiger partial charge in [0, 0.05) is 31.2 Å². The fourth-order valence-corrected chi connectivity index (χ4v) is 2.32. The molecule has 1 N–H and O–H groups in total. The minimum absolute atomic E-state index is 0.301. The maximum absolute atomic E-state index is 3.28. The third kappa shape index (κ3) is 2.47. The van der Waals surface area contributed by atoms with Gasteiger partial charge in [-0.25, -0.2) is 0 Å². The van der Waals surface area contributed by atoms with Gasteiger partial charge in [-0.05, 0) is 34.5 Å². The number of piperazine rings is 1. The van der Waals surface area contributed by atoms with E-state index in [9.17, 15) is 0 Å². The Hall–Kier alpha value is -0.120. The number of rotatable bonds is 3. The second-order valence-corrected chi connectivity index (χ2v) is 4.96. The van der Waals surface area contributed by atoms with E-state index in [1.807, 2.05) is 7.05 Å². The minimum Gasteiger partial charge on any atom is -0.318 e. The van der Waals surface area contributed by atoms with Crippen LogP contribution in [0.15, 0.2) is 0 Å². The van der Waals surface area contributed by atoms with Crippen LogP contribution in [-0.2, 0) is 0 Å². The predicted molar refractivity (Wildman–Crippen MR) is 61.7 cm³/mol. The molecule has 3 heteroatoms. The number of nitrogens with zero attached hydrogens (tertiary/aromatic N) is 2. The van der Waals surface area contributed by atoms with Gasteiger partial charge in [-0.1, -0.05) is 6.92 Å². The summed E-state index contributed by atoms with van der Waals surface area (Å²) >= 11 is 0. The van der Waals surface area contributed by atoms with Crippen LogP contribution in [0.25, 0.3) is 0 Å². The van der Waals surface area contributed by atoms with E-state index in [0.717, 1.165) is 13.1 Å². The second-order valence-electron chi connectivity index (χ2n) is 4.96. The number of hydrogen-bond donors (Lipinski definition) is 1. The number of hydrogen-bond acceptors (Lipinski definition) is 3. The summed E-state index contributed by atoms with van der Waals surface area (Å²) in [5.41, 5.74) is 0.301. The van der Waals surface area contributed by atoms with Gasteiger partial charge in [0.15, 0.2) is 0 Å². The lowest BCUT2D eigenvalue weighted by atomic mass is 9.95. The van der Waals surface area contributed by atoms with Crippen LogP contribution < -0.4 is 5.32 Å². The molecule has 1 heterocycles. The fourth-order valence-electron chi connectivity index (χ4n) is 2.32. The van der Waals surface area contributed by atoms with Gasteiger partial charge in [-0.2, -0.15) is 0 Å². The van der Waals surface area contributed by atoms with Crippen molar-refractivity contribution in [2.24, 2.45) is 0 Å². The lowest BCUT2D eigenvalue weighted by molar-refractivity contribution is -0.00278. The van der Waals surface area contributed by atoms with Gasteiger partial charge >= 0.3 is 0 Å². The van der Waals surface area contributed by atoms with Crippen LogP contribution >= 0.6 is 0 Å². The van der Waals surface area contributed by atoms with Crippen LogP contribution in [0.5, 0.6) is 0 Å². The highest BCUT2D eigenvalue weighted by Crippen LogP contribution is 2.22. The van der Waals surface area contributed by atoms with Crippen molar-refractivity contribution in [3.63, 3.8) is 0 Å². The fraction of sp³-hybridized carbons (Fsp3) is 1.00. The third-order valence-electron chi connectivity index (χ3n) is 3.47. The zero-order valence-corrected chi connectivity index (χ0v) is 10.3. The number of likely N-dealkylation sites (N-methyl/N-ethyl adjacent to an activating group) is 3. The van der Waals surface area contributed by atoms with Gasteiger partial charge in [0.1, 0.15) is 0 Å². The summed E-state index contributed by atoms with van der Waals surface area (Å²) in [7, 11) is 4.28. The van der Waals surface area contributed by atoms with E-state index in [1.165, 1.54) is 13.1 Å². The van der Waals surface area contributed by atoms with E-state index in [-0.39, 0.29) is 0 Å². The van der Waals surface area contributed by atoms with Crippen LogP contribution in [-0.4, -0.2) is 61.7 Å². The number of nitrogens with one attached hydrogen (secondary N) is 1. The van der Waals surface area contributed by atoms with Gasteiger partial charge in [0.2, 0.25) is 0 Å². The van der Waals surface area contributed by atoms with E-state index < -0.39 is 0 Å². The molecule has 0 aliphatic carbocycles. The third-order valence-corrected chi connectivity index (χ3v) is 3.47. The molecule has 0 saturated carbocycles. The molecule has 0 radical (unpaired) electrons. The Kier molecular flexibility index (Phi) is 3.93. The Morgan fingerprint density at radius 3 is 2.57 bits per heavy atom. The summed E-state index contributed by atoms with van der Waals surface area (Å²) in [6.07, 6.45) is 0. The van der Waals surface area contributed by atoms with Crippen molar-refractivity contribution >= 4 is 0 Å². The van der Waals surface area contributed by atoms with Crippen LogP contribution in [0.1, 0.15) is 20.8 Å². The molecular weight excluding hydrogens is 174 g/mol. The molecule has 84 valence electrons. The molecule has 0 amide bonds. The lowest BCUT2D eigenvalue weighted by Crippen LogP contribution is -2.64. The average molecular weight is 199 g/mol. The lowest BCUT2D eigenvalue weighted by Gasteiger charge is -2.50. The molecule has 1 fully saturated rings. The Balaban J connectivity index is 2.66. The quantitative estimate of drug-likeness (QED) is 0.719. The van der Waals surface area contributed by atoms with E-state index in [2.05, 4.69) is 42.9 Å². The summed E-state index contributed by atoms with van der Waals surface area (Å²) < 4.78 is 0. The van der Waals surface area contributed by atoms with Crippen molar-refractivity contribution < 1.29 is 0 Å². The molecule has 1 aliphatic heterocycles. The van der Waals surface area contributed by atoms with E-state index in [0.29, 0.717) is 11.6 Å². The topological polar surface area (TPSA) is 18.5 Å². The Morgan fingerprint density at radius 1 is 1.43 bits per heavy atom. The molecule has 1 atom stereocenters. The maximum Gasteiger partial charge on any atom is 0.0350 e.